The Morgan fingerprint density at radius 2 is 1.67 bits per heavy atom. The third-order valence-corrected chi connectivity index (χ3v) is 5.83. The van der Waals surface area contributed by atoms with E-state index in [2.05, 4.69) is 33.0 Å². The lowest BCUT2D eigenvalue weighted by molar-refractivity contribution is 0.0943. The second-order valence-electron chi connectivity index (χ2n) is 6.93. The van der Waals surface area contributed by atoms with Crippen molar-refractivity contribution in [2.24, 2.45) is 16.0 Å². The number of sulfonamides is 1. The maximum absolute atomic E-state index is 12.4. The van der Waals surface area contributed by atoms with Crippen LogP contribution in [0, 0.1) is 17.8 Å². The van der Waals surface area contributed by atoms with Gasteiger partial charge in [0, 0.05) is 11.6 Å². The highest BCUT2D eigenvalue weighted by atomic mass is 32.2. The van der Waals surface area contributed by atoms with E-state index in [1.807, 2.05) is 0 Å². The van der Waals surface area contributed by atoms with E-state index in [4.69, 9.17) is 5.14 Å². The maximum atomic E-state index is 12.4. The molecule has 5 nitrogen and oxygen atoms in total. The van der Waals surface area contributed by atoms with Gasteiger partial charge in [0.1, 0.15) is 0 Å². The van der Waals surface area contributed by atoms with Crippen molar-refractivity contribution in [3.8, 4) is 0 Å². The number of benzene rings is 1. The van der Waals surface area contributed by atoms with E-state index in [0.717, 1.165) is 0 Å². The molecule has 1 saturated carbocycles. The molecule has 0 radical (unpaired) electrons. The molecule has 1 aromatic carbocycles. The van der Waals surface area contributed by atoms with Crippen molar-refractivity contribution < 1.29 is 13.2 Å². The SMILES string of the molecule is Cc1cc(C(=O)NC2C(C)(C)C2(C)C)cc(S(N)(=O)=O)c1. The molecular weight excluding hydrogens is 288 g/mol. The van der Waals surface area contributed by atoms with Crippen LogP contribution < -0.4 is 10.5 Å². The van der Waals surface area contributed by atoms with Crippen LogP contribution in [0.25, 0.3) is 0 Å². The number of nitrogens with two attached hydrogens (primary N) is 1. The topological polar surface area (TPSA) is 89.3 Å². The number of aryl methyl sites for hydroxylation is 1. The summed E-state index contributed by atoms with van der Waals surface area (Å²) in [5, 5.41) is 8.12. The van der Waals surface area contributed by atoms with Crippen LogP contribution in [-0.4, -0.2) is 20.4 Å². The number of rotatable bonds is 3. The summed E-state index contributed by atoms with van der Waals surface area (Å²) in [5.74, 6) is -0.271. The van der Waals surface area contributed by atoms with Crippen LogP contribution in [0.15, 0.2) is 23.1 Å². The fourth-order valence-corrected chi connectivity index (χ4v) is 3.46. The first-order valence-electron chi connectivity index (χ1n) is 6.83. The summed E-state index contributed by atoms with van der Waals surface area (Å²) in [4.78, 5) is 12.3. The van der Waals surface area contributed by atoms with Crippen molar-refractivity contribution in [1.82, 2.24) is 5.32 Å². The Labute approximate surface area is 126 Å². The minimum absolute atomic E-state index is 0.0231. The summed E-state index contributed by atoms with van der Waals surface area (Å²) in [5.41, 5.74) is 1.04. The van der Waals surface area contributed by atoms with Gasteiger partial charge in [-0.1, -0.05) is 27.7 Å². The molecule has 0 bridgehead atoms. The zero-order chi connectivity index (χ0) is 16.2. The lowest BCUT2D eigenvalue weighted by Gasteiger charge is -2.09. The molecule has 21 heavy (non-hydrogen) atoms. The van der Waals surface area contributed by atoms with Crippen molar-refractivity contribution >= 4 is 15.9 Å². The van der Waals surface area contributed by atoms with Crippen LogP contribution in [0.5, 0.6) is 0 Å². The third kappa shape index (κ3) is 2.70. The normalized spacial score (nSPS) is 20.1. The highest BCUT2D eigenvalue weighted by molar-refractivity contribution is 7.89. The number of carbonyl (C=O) groups is 1. The van der Waals surface area contributed by atoms with Crippen LogP contribution in [0.4, 0.5) is 0 Å². The Bertz CT molecular complexity index is 692. The molecule has 1 aliphatic rings. The largest absolute Gasteiger partial charge is 0.348 e. The average Bonchev–Trinajstić information content (AvgIpc) is 2.69. The highest BCUT2D eigenvalue weighted by Gasteiger charge is 2.65. The lowest BCUT2D eigenvalue weighted by Crippen LogP contribution is -2.30. The second kappa shape index (κ2) is 4.55. The number of amides is 1. The molecule has 3 N–H and O–H groups in total. The van der Waals surface area contributed by atoms with Crippen molar-refractivity contribution in [3.05, 3.63) is 29.3 Å². The summed E-state index contributed by atoms with van der Waals surface area (Å²) >= 11 is 0. The number of nitrogens with one attached hydrogen (secondary N) is 1. The summed E-state index contributed by atoms with van der Waals surface area (Å²) in [6.07, 6.45) is 0. The zero-order valence-electron chi connectivity index (χ0n) is 13.0. The summed E-state index contributed by atoms with van der Waals surface area (Å²) in [6, 6.07) is 4.50. The predicted molar refractivity (Wildman–Crippen MR) is 81.4 cm³/mol. The van der Waals surface area contributed by atoms with Crippen LogP contribution in [-0.2, 0) is 10.0 Å². The number of carbonyl (C=O) groups excluding carboxylic acids is 1. The van der Waals surface area contributed by atoms with Crippen molar-refractivity contribution in [1.29, 1.82) is 0 Å². The third-order valence-electron chi connectivity index (χ3n) is 4.94. The zero-order valence-corrected chi connectivity index (χ0v) is 13.8. The number of hydrogen-bond donors (Lipinski definition) is 2. The molecule has 0 heterocycles. The summed E-state index contributed by atoms with van der Waals surface area (Å²) in [6.45, 7) is 10.1. The molecule has 0 unspecified atom stereocenters. The molecule has 1 amide bonds. The molecule has 1 aliphatic carbocycles. The predicted octanol–water partition coefficient (Wildman–Crippen LogP) is 1.81. The van der Waals surface area contributed by atoms with Crippen molar-refractivity contribution in [2.75, 3.05) is 0 Å². The van der Waals surface area contributed by atoms with Gasteiger partial charge in [0.15, 0.2) is 0 Å². The molecule has 116 valence electrons. The molecule has 6 heteroatoms. The van der Waals surface area contributed by atoms with Gasteiger partial charge in [-0.05, 0) is 41.5 Å². The van der Waals surface area contributed by atoms with Gasteiger partial charge >= 0.3 is 0 Å². The van der Waals surface area contributed by atoms with E-state index in [-0.39, 0.29) is 27.7 Å². The van der Waals surface area contributed by atoms with Gasteiger partial charge in [-0.2, -0.15) is 0 Å². The van der Waals surface area contributed by atoms with Crippen LogP contribution >= 0.6 is 0 Å². The van der Waals surface area contributed by atoms with Crippen LogP contribution in [0.1, 0.15) is 43.6 Å². The summed E-state index contributed by atoms with van der Waals surface area (Å²) in [7, 11) is -3.82. The fraction of sp³-hybridized carbons (Fsp3) is 0.533. The quantitative estimate of drug-likeness (QED) is 0.892. The Morgan fingerprint density at radius 1 is 1.14 bits per heavy atom. The first-order chi connectivity index (χ1) is 9.37. The molecule has 0 spiro atoms. The molecule has 1 fully saturated rings. The number of hydrogen-bond acceptors (Lipinski definition) is 3. The molecule has 0 saturated heterocycles. The van der Waals surface area contributed by atoms with Crippen LogP contribution in [0.2, 0.25) is 0 Å². The Kier molecular flexibility index (Phi) is 3.46. The van der Waals surface area contributed by atoms with Crippen molar-refractivity contribution in [3.63, 3.8) is 0 Å². The fourth-order valence-electron chi connectivity index (χ4n) is 2.81. The first kappa shape index (κ1) is 16.0. The van der Waals surface area contributed by atoms with E-state index in [1.54, 1.807) is 13.0 Å². The average molecular weight is 310 g/mol. The smallest absolute Gasteiger partial charge is 0.251 e. The van der Waals surface area contributed by atoms with E-state index in [0.29, 0.717) is 11.1 Å². The standard InChI is InChI=1S/C15H22N2O3S/c1-9-6-10(8-11(7-9)21(16,19)20)12(18)17-13-14(2,3)15(13,4)5/h6-8,13H,1-5H3,(H,17,18)(H2,16,19,20). The molecular formula is C15H22N2O3S. The molecule has 0 aliphatic heterocycles. The molecule has 0 atom stereocenters. The Morgan fingerprint density at radius 3 is 2.10 bits per heavy atom. The van der Waals surface area contributed by atoms with Gasteiger partial charge in [0.25, 0.3) is 5.91 Å². The first-order valence-corrected chi connectivity index (χ1v) is 8.37. The molecule has 0 aromatic heterocycles. The summed E-state index contributed by atoms with van der Waals surface area (Å²) < 4.78 is 22.9. The van der Waals surface area contributed by atoms with E-state index < -0.39 is 10.0 Å². The Hall–Kier alpha value is -1.40. The highest BCUT2D eigenvalue weighted by Crippen LogP contribution is 2.62. The monoisotopic (exact) mass is 310 g/mol. The van der Waals surface area contributed by atoms with Gasteiger partial charge in [0.05, 0.1) is 4.90 Å². The molecule has 2 rings (SSSR count). The minimum Gasteiger partial charge on any atom is -0.348 e. The van der Waals surface area contributed by atoms with Gasteiger partial charge in [-0.3, -0.25) is 4.79 Å². The maximum Gasteiger partial charge on any atom is 0.251 e. The van der Waals surface area contributed by atoms with Gasteiger partial charge in [0.2, 0.25) is 10.0 Å². The Balaban J connectivity index is 2.28. The van der Waals surface area contributed by atoms with E-state index in [1.165, 1.54) is 12.1 Å². The van der Waals surface area contributed by atoms with Crippen molar-refractivity contribution in [2.45, 2.75) is 45.6 Å². The van der Waals surface area contributed by atoms with Gasteiger partial charge in [-0.25, -0.2) is 13.6 Å². The minimum atomic E-state index is -3.82. The van der Waals surface area contributed by atoms with Gasteiger partial charge in [-0.15, -0.1) is 0 Å². The van der Waals surface area contributed by atoms with E-state index in [9.17, 15) is 13.2 Å². The molecule has 1 aromatic rings. The van der Waals surface area contributed by atoms with Crippen LogP contribution in [0.3, 0.4) is 0 Å². The van der Waals surface area contributed by atoms with E-state index >= 15 is 0 Å². The second-order valence-corrected chi connectivity index (χ2v) is 8.49. The lowest BCUT2D eigenvalue weighted by atomic mass is 10.0. The van der Waals surface area contributed by atoms with Gasteiger partial charge < -0.3 is 5.32 Å². The number of primary sulfonamides is 1.